The van der Waals surface area contributed by atoms with Crippen LogP contribution in [-0.4, -0.2) is 44.9 Å². The molecule has 0 aliphatic rings. The van der Waals surface area contributed by atoms with Gasteiger partial charge >= 0.3 is 5.97 Å². The Kier molecular flexibility index (Phi) is 6.05. The molecule has 0 unspecified atom stereocenters. The summed E-state index contributed by atoms with van der Waals surface area (Å²) in [5.74, 6) is -1.35. The minimum absolute atomic E-state index is 0.0224. The molecule has 11 heteroatoms. The highest BCUT2D eigenvalue weighted by Crippen LogP contribution is 2.33. The molecule has 0 saturated carbocycles. The van der Waals surface area contributed by atoms with Crippen LogP contribution in [0.15, 0.2) is 29.4 Å². The molecule has 0 saturated heterocycles. The summed E-state index contributed by atoms with van der Waals surface area (Å²) in [5.41, 5.74) is 1.30. The van der Waals surface area contributed by atoms with Gasteiger partial charge in [0.15, 0.2) is 0 Å². The molecule has 0 spiro atoms. The van der Waals surface area contributed by atoms with Crippen molar-refractivity contribution in [1.29, 1.82) is 0 Å². The Bertz CT molecular complexity index is 1030. The van der Waals surface area contributed by atoms with Gasteiger partial charge in [-0.2, -0.15) is 4.68 Å². The van der Waals surface area contributed by atoms with Gasteiger partial charge in [0.05, 0.1) is 18.4 Å². The van der Waals surface area contributed by atoms with Crippen LogP contribution in [0.25, 0.3) is 5.69 Å². The number of aryl methyl sites for hydroxylation is 1. The van der Waals surface area contributed by atoms with Crippen LogP contribution in [0.2, 0.25) is 0 Å². The molecule has 0 bridgehead atoms. The number of tetrazole rings is 1. The smallest absolute Gasteiger partial charge is 0.341 e. The van der Waals surface area contributed by atoms with Crippen molar-refractivity contribution in [2.75, 3.05) is 18.2 Å². The Morgan fingerprint density at radius 3 is 2.79 bits per heavy atom. The molecule has 0 aliphatic carbocycles. The van der Waals surface area contributed by atoms with Crippen LogP contribution in [-0.2, 0) is 9.53 Å². The summed E-state index contributed by atoms with van der Waals surface area (Å²) in [6.07, 6.45) is 0. The molecule has 0 atom stereocenters. The second-order valence-corrected chi connectivity index (χ2v) is 7.81. The summed E-state index contributed by atoms with van der Waals surface area (Å²) in [6.45, 7) is 3.66. The molecule has 1 aromatic carbocycles. The number of methoxy groups -OCH3 is 1. The Morgan fingerprint density at radius 2 is 2.07 bits per heavy atom. The number of thioether (sulfide) groups is 1. The first-order valence-electron chi connectivity index (χ1n) is 8.06. The van der Waals surface area contributed by atoms with Gasteiger partial charge in [0.2, 0.25) is 11.1 Å². The molecule has 2 heterocycles. The number of rotatable bonds is 6. The predicted molar refractivity (Wildman–Crippen MR) is 104 cm³/mol. The van der Waals surface area contributed by atoms with Gasteiger partial charge < -0.3 is 10.1 Å². The first-order valence-corrected chi connectivity index (χ1v) is 9.86. The van der Waals surface area contributed by atoms with E-state index < -0.39 is 11.8 Å². The van der Waals surface area contributed by atoms with E-state index in [1.807, 2.05) is 6.92 Å². The van der Waals surface area contributed by atoms with Gasteiger partial charge in [-0.25, -0.2) is 9.18 Å². The number of amides is 1. The van der Waals surface area contributed by atoms with E-state index in [-0.39, 0.29) is 22.5 Å². The normalized spacial score (nSPS) is 10.7. The van der Waals surface area contributed by atoms with Crippen molar-refractivity contribution < 1.29 is 18.7 Å². The van der Waals surface area contributed by atoms with Gasteiger partial charge in [-0.3, -0.25) is 4.79 Å². The molecule has 0 radical (unpaired) electrons. The molecule has 146 valence electrons. The van der Waals surface area contributed by atoms with Gasteiger partial charge in [0, 0.05) is 4.88 Å². The third-order valence-corrected chi connectivity index (χ3v) is 5.92. The zero-order chi connectivity index (χ0) is 20.3. The molecule has 2 aromatic heterocycles. The molecule has 1 N–H and O–H groups in total. The van der Waals surface area contributed by atoms with Crippen LogP contribution in [0, 0.1) is 19.7 Å². The third-order valence-electron chi connectivity index (χ3n) is 3.88. The van der Waals surface area contributed by atoms with Crippen molar-refractivity contribution >= 4 is 40.0 Å². The second-order valence-electron chi connectivity index (χ2n) is 5.64. The highest BCUT2D eigenvalue weighted by atomic mass is 32.2. The van der Waals surface area contributed by atoms with Crippen LogP contribution in [0.4, 0.5) is 9.39 Å². The molecule has 3 rings (SSSR count). The lowest BCUT2D eigenvalue weighted by Crippen LogP contribution is -2.16. The van der Waals surface area contributed by atoms with Gasteiger partial charge in [0.1, 0.15) is 16.5 Å². The lowest BCUT2D eigenvalue weighted by molar-refractivity contribution is -0.113. The number of esters is 1. The maximum Gasteiger partial charge on any atom is 0.341 e. The van der Waals surface area contributed by atoms with Gasteiger partial charge in [-0.05, 0) is 42.0 Å². The number of para-hydroxylation sites is 1. The summed E-state index contributed by atoms with van der Waals surface area (Å²) >= 11 is 2.35. The van der Waals surface area contributed by atoms with Crippen LogP contribution in [0.1, 0.15) is 20.8 Å². The predicted octanol–water partition coefficient (Wildman–Crippen LogP) is 3.00. The lowest BCUT2D eigenvalue weighted by Gasteiger charge is -2.07. The second kappa shape index (κ2) is 8.48. The topological polar surface area (TPSA) is 99.0 Å². The summed E-state index contributed by atoms with van der Waals surface area (Å²) in [4.78, 5) is 25.3. The largest absolute Gasteiger partial charge is 0.465 e. The standard InChI is InChI=1S/C17H16FN5O3S2/c1-9-10(2)28-15(14(9)16(25)26-3)19-13(24)8-27-17-20-21-22-23(17)12-7-5-4-6-11(12)18/h4-7H,8H2,1-3H3,(H,19,24). The SMILES string of the molecule is COC(=O)c1c(NC(=O)CSc2nnnn2-c2ccccc2F)sc(C)c1C. The lowest BCUT2D eigenvalue weighted by atomic mass is 10.1. The fraction of sp³-hybridized carbons (Fsp3) is 0.235. The highest BCUT2D eigenvalue weighted by Gasteiger charge is 2.22. The molecule has 1 amide bonds. The summed E-state index contributed by atoms with van der Waals surface area (Å²) in [7, 11) is 1.29. The Labute approximate surface area is 168 Å². The van der Waals surface area contributed by atoms with Crippen molar-refractivity contribution in [3.63, 3.8) is 0 Å². The maximum atomic E-state index is 14.0. The van der Waals surface area contributed by atoms with Crippen LogP contribution in [0.5, 0.6) is 0 Å². The van der Waals surface area contributed by atoms with E-state index in [1.54, 1.807) is 19.1 Å². The van der Waals surface area contributed by atoms with Crippen LogP contribution in [0.3, 0.4) is 0 Å². The van der Waals surface area contributed by atoms with E-state index in [0.717, 1.165) is 22.2 Å². The Balaban J connectivity index is 1.72. The van der Waals surface area contributed by atoms with Crippen molar-refractivity contribution in [3.8, 4) is 5.69 Å². The highest BCUT2D eigenvalue weighted by molar-refractivity contribution is 7.99. The van der Waals surface area contributed by atoms with Gasteiger partial charge in [-0.15, -0.1) is 16.4 Å². The molecule has 3 aromatic rings. The molecular formula is C17H16FN5O3S2. The fourth-order valence-corrected chi connectivity index (χ4v) is 4.15. The first kappa shape index (κ1) is 20.0. The average molecular weight is 421 g/mol. The molecule has 0 aliphatic heterocycles. The number of anilines is 1. The molecule has 28 heavy (non-hydrogen) atoms. The number of thiophene rings is 1. The quantitative estimate of drug-likeness (QED) is 0.482. The van der Waals surface area contributed by atoms with Gasteiger partial charge in [-0.1, -0.05) is 23.9 Å². The summed E-state index contributed by atoms with van der Waals surface area (Å²) in [5, 5.41) is 14.6. The number of carbonyl (C=O) groups is 2. The Hall–Kier alpha value is -2.79. The number of hydrogen-bond acceptors (Lipinski definition) is 8. The number of hydrogen-bond donors (Lipinski definition) is 1. The summed E-state index contributed by atoms with van der Waals surface area (Å²) < 4.78 is 20.0. The maximum absolute atomic E-state index is 14.0. The Morgan fingerprint density at radius 1 is 1.32 bits per heavy atom. The number of nitrogens with one attached hydrogen (secondary N) is 1. The van der Waals surface area contributed by atoms with Crippen molar-refractivity contribution in [3.05, 3.63) is 46.1 Å². The molecule has 8 nitrogen and oxygen atoms in total. The molecule has 0 fully saturated rings. The zero-order valence-corrected chi connectivity index (χ0v) is 16.9. The van der Waals surface area contributed by atoms with Gasteiger partial charge in [0.25, 0.3) is 0 Å². The van der Waals surface area contributed by atoms with Crippen molar-refractivity contribution in [1.82, 2.24) is 20.2 Å². The monoisotopic (exact) mass is 421 g/mol. The minimum atomic E-state index is -0.506. The van der Waals surface area contributed by atoms with E-state index in [4.69, 9.17) is 4.74 Å². The van der Waals surface area contributed by atoms with E-state index in [2.05, 4.69) is 20.8 Å². The van der Waals surface area contributed by atoms with E-state index in [9.17, 15) is 14.0 Å². The number of ether oxygens (including phenoxy) is 1. The molecular weight excluding hydrogens is 405 g/mol. The third kappa shape index (κ3) is 4.04. The fourth-order valence-electron chi connectivity index (χ4n) is 2.40. The number of benzene rings is 1. The van der Waals surface area contributed by atoms with E-state index in [1.165, 1.54) is 35.3 Å². The van der Waals surface area contributed by atoms with Crippen LogP contribution < -0.4 is 5.32 Å². The van der Waals surface area contributed by atoms with E-state index in [0.29, 0.717) is 10.6 Å². The van der Waals surface area contributed by atoms with E-state index >= 15 is 0 Å². The van der Waals surface area contributed by atoms with Crippen molar-refractivity contribution in [2.24, 2.45) is 0 Å². The number of halogens is 1. The first-order chi connectivity index (χ1) is 13.4. The summed E-state index contributed by atoms with van der Waals surface area (Å²) in [6, 6.07) is 6.06. The number of carbonyl (C=O) groups excluding carboxylic acids is 2. The number of nitrogens with zero attached hydrogens (tertiary/aromatic N) is 4. The van der Waals surface area contributed by atoms with Crippen molar-refractivity contribution in [2.45, 2.75) is 19.0 Å². The van der Waals surface area contributed by atoms with Crippen LogP contribution >= 0.6 is 23.1 Å². The average Bonchev–Trinajstić information content (AvgIpc) is 3.24. The minimum Gasteiger partial charge on any atom is -0.465 e. The number of aromatic nitrogens is 4. The zero-order valence-electron chi connectivity index (χ0n) is 15.2.